The van der Waals surface area contributed by atoms with Crippen LogP contribution >= 0.6 is 23.4 Å². The Morgan fingerprint density at radius 2 is 2.21 bits per heavy atom. The molecule has 0 spiro atoms. The standard InChI is InChI=1S/C19H20ClN3O4S/c1-26-16-3-2-12(8-15(16)20)13-9-17(24)22-19(14(13)10-21)28-11-18(25)23-4-6-27-7-5-23/h2-3,8,13H,4-7,9,11H2,1H3,(H,22,24)/t13-/m1/s1. The lowest BCUT2D eigenvalue weighted by molar-refractivity contribution is -0.132. The first-order valence-corrected chi connectivity index (χ1v) is 10.2. The Balaban J connectivity index is 1.80. The lowest BCUT2D eigenvalue weighted by Gasteiger charge is -2.28. The summed E-state index contributed by atoms with van der Waals surface area (Å²) in [6, 6.07) is 7.42. The van der Waals surface area contributed by atoms with E-state index in [1.165, 1.54) is 18.9 Å². The van der Waals surface area contributed by atoms with Gasteiger partial charge in [0.1, 0.15) is 5.75 Å². The number of amides is 2. The van der Waals surface area contributed by atoms with E-state index in [1.54, 1.807) is 23.1 Å². The Morgan fingerprint density at radius 3 is 2.86 bits per heavy atom. The number of hydrogen-bond acceptors (Lipinski definition) is 6. The van der Waals surface area contributed by atoms with E-state index in [0.29, 0.717) is 47.7 Å². The average Bonchev–Trinajstić information content (AvgIpc) is 2.72. The van der Waals surface area contributed by atoms with Gasteiger partial charge >= 0.3 is 0 Å². The third-order valence-electron chi connectivity index (χ3n) is 4.64. The molecule has 1 aromatic rings. The molecule has 0 radical (unpaired) electrons. The summed E-state index contributed by atoms with van der Waals surface area (Å²) in [6.45, 7) is 2.17. The summed E-state index contributed by atoms with van der Waals surface area (Å²) in [6.07, 6.45) is 0.146. The number of nitriles is 1. The topological polar surface area (TPSA) is 91.7 Å². The second-order valence-electron chi connectivity index (χ2n) is 6.34. The molecule has 0 bridgehead atoms. The zero-order chi connectivity index (χ0) is 20.1. The number of carbonyl (C=O) groups excluding carboxylic acids is 2. The minimum absolute atomic E-state index is 0.0399. The molecule has 3 rings (SSSR count). The number of nitrogens with zero attached hydrogens (tertiary/aromatic N) is 2. The number of ether oxygens (including phenoxy) is 2. The Hall–Kier alpha value is -2.21. The van der Waals surface area contributed by atoms with Crippen LogP contribution in [0.3, 0.4) is 0 Å². The van der Waals surface area contributed by atoms with E-state index in [0.717, 1.165) is 5.56 Å². The smallest absolute Gasteiger partial charge is 0.233 e. The van der Waals surface area contributed by atoms with Crippen LogP contribution in [0.4, 0.5) is 0 Å². The number of morpholine rings is 1. The van der Waals surface area contributed by atoms with Crippen LogP contribution in [-0.2, 0) is 14.3 Å². The highest BCUT2D eigenvalue weighted by atomic mass is 35.5. The molecule has 7 nitrogen and oxygen atoms in total. The molecule has 9 heteroatoms. The van der Waals surface area contributed by atoms with E-state index in [4.69, 9.17) is 21.1 Å². The van der Waals surface area contributed by atoms with Crippen LogP contribution in [-0.4, -0.2) is 55.9 Å². The Bertz CT molecular complexity index is 846. The molecule has 1 aromatic carbocycles. The fraction of sp³-hybridized carbons (Fsp3) is 0.421. The zero-order valence-electron chi connectivity index (χ0n) is 15.4. The number of thioether (sulfide) groups is 1. The molecule has 28 heavy (non-hydrogen) atoms. The summed E-state index contributed by atoms with van der Waals surface area (Å²) in [5, 5.41) is 13.3. The maximum Gasteiger partial charge on any atom is 0.233 e. The van der Waals surface area contributed by atoms with Crippen LogP contribution in [0.5, 0.6) is 5.75 Å². The molecule has 2 aliphatic rings. The second kappa shape index (κ2) is 9.32. The number of benzene rings is 1. The number of methoxy groups -OCH3 is 1. The maximum atomic E-state index is 12.4. The van der Waals surface area contributed by atoms with Crippen LogP contribution in [0.2, 0.25) is 5.02 Å². The summed E-state index contributed by atoms with van der Waals surface area (Å²) >= 11 is 7.39. The van der Waals surface area contributed by atoms with E-state index in [-0.39, 0.29) is 24.0 Å². The van der Waals surface area contributed by atoms with Crippen molar-refractivity contribution in [2.45, 2.75) is 12.3 Å². The van der Waals surface area contributed by atoms with Crippen molar-refractivity contribution in [1.82, 2.24) is 10.2 Å². The molecule has 1 fully saturated rings. The Morgan fingerprint density at radius 1 is 1.46 bits per heavy atom. The largest absolute Gasteiger partial charge is 0.495 e. The predicted octanol–water partition coefficient (Wildman–Crippen LogP) is 2.28. The molecule has 0 aromatic heterocycles. The number of halogens is 1. The molecular formula is C19H20ClN3O4S. The molecule has 2 amide bonds. The fourth-order valence-corrected chi connectivity index (χ4v) is 4.40. The molecular weight excluding hydrogens is 402 g/mol. The highest BCUT2D eigenvalue weighted by molar-refractivity contribution is 8.03. The Labute approximate surface area is 172 Å². The highest BCUT2D eigenvalue weighted by Crippen LogP contribution is 2.38. The zero-order valence-corrected chi connectivity index (χ0v) is 16.9. The third-order valence-corrected chi connectivity index (χ3v) is 5.94. The number of rotatable bonds is 5. The van der Waals surface area contributed by atoms with Crippen molar-refractivity contribution in [3.63, 3.8) is 0 Å². The van der Waals surface area contributed by atoms with Gasteiger partial charge < -0.3 is 19.7 Å². The number of hydrogen-bond donors (Lipinski definition) is 1. The van der Waals surface area contributed by atoms with Crippen LogP contribution in [0.1, 0.15) is 17.9 Å². The van der Waals surface area contributed by atoms with E-state index in [2.05, 4.69) is 11.4 Å². The first-order chi connectivity index (χ1) is 13.5. The van der Waals surface area contributed by atoms with Gasteiger partial charge in [0.25, 0.3) is 0 Å². The summed E-state index contributed by atoms with van der Waals surface area (Å²) in [4.78, 5) is 26.4. The summed E-state index contributed by atoms with van der Waals surface area (Å²) in [5.41, 5.74) is 1.19. The molecule has 0 unspecified atom stereocenters. The van der Waals surface area contributed by atoms with Gasteiger partial charge in [-0.3, -0.25) is 9.59 Å². The SMILES string of the molecule is COc1ccc([C@H]2CC(=O)NC(SCC(=O)N3CCOCC3)=C2C#N)cc1Cl. The predicted molar refractivity (Wildman–Crippen MR) is 106 cm³/mol. The minimum atomic E-state index is -0.414. The number of allylic oxidation sites excluding steroid dienone is 1. The van der Waals surface area contributed by atoms with Gasteiger partial charge in [0.2, 0.25) is 11.8 Å². The van der Waals surface area contributed by atoms with Gasteiger partial charge in [0, 0.05) is 25.4 Å². The van der Waals surface area contributed by atoms with Crippen molar-refractivity contribution in [3.8, 4) is 11.8 Å². The van der Waals surface area contributed by atoms with Crippen LogP contribution in [0.25, 0.3) is 0 Å². The molecule has 2 heterocycles. The maximum absolute atomic E-state index is 12.4. The van der Waals surface area contributed by atoms with Gasteiger partial charge in [-0.25, -0.2) is 0 Å². The fourth-order valence-electron chi connectivity index (χ4n) is 3.16. The monoisotopic (exact) mass is 421 g/mol. The van der Waals surface area contributed by atoms with Crippen molar-refractivity contribution in [1.29, 1.82) is 5.26 Å². The van der Waals surface area contributed by atoms with Crippen molar-refractivity contribution < 1.29 is 19.1 Å². The van der Waals surface area contributed by atoms with Gasteiger partial charge in [-0.2, -0.15) is 5.26 Å². The molecule has 0 aliphatic carbocycles. The minimum Gasteiger partial charge on any atom is -0.495 e. The van der Waals surface area contributed by atoms with E-state index in [1.807, 2.05) is 0 Å². The molecule has 1 atom stereocenters. The third kappa shape index (κ3) is 4.61. The quantitative estimate of drug-likeness (QED) is 0.784. The van der Waals surface area contributed by atoms with Crippen molar-refractivity contribution in [2.24, 2.45) is 0 Å². The summed E-state index contributed by atoms with van der Waals surface area (Å²) in [7, 11) is 1.52. The first kappa shape index (κ1) is 20.5. The molecule has 2 aliphatic heterocycles. The van der Waals surface area contributed by atoms with Gasteiger partial charge in [-0.1, -0.05) is 29.4 Å². The lowest BCUT2D eigenvalue weighted by Crippen LogP contribution is -2.42. The summed E-state index contributed by atoms with van der Waals surface area (Å²) in [5.74, 6) is 0.0258. The average molecular weight is 422 g/mol. The van der Waals surface area contributed by atoms with Crippen molar-refractivity contribution in [2.75, 3.05) is 39.2 Å². The van der Waals surface area contributed by atoms with Crippen molar-refractivity contribution in [3.05, 3.63) is 39.4 Å². The van der Waals surface area contributed by atoms with Crippen LogP contribution < -0.4 is 10.1 Å². The molecule has 1 N–H and O–H groups in total. The molecule has 0 saturated carbocycles. The van der Waals surface area contributed by atoms with Crippen LogP contribution in [0, 0.1) is 11.3 Å². The summed E-state index contributed by atoms with van der Waals surface area (Å²) < 4.78 is 10.4. The van der Waals surface area contributed by atoms with E-state index < -0.39 is 5.92 Å². The van der Waals surface area contributed by atoms with Gasteiger partial charge in [0.05, 0.1) is 47.8 Å². The van der Waals surface area contributed by atoms with Gasteiger partial charge in [-0.15, -0.1) is 0 Å². The molecule has 1 saturated heterocycles. The first-order valence-electron chi connectivity index (χ1n) is 8.79. The van der Waals surface area contributed by atoms with E-state index >= 15 is 0 Å². The van der Waals surface area contributed by atoms with Gasteiger partial charge in [0.15, 0.2) is 0 Å². The van der Waals surface area contributed by atoms with Gasteiger partial charge in [-0.05, 0) is 17.7 Å². The Kier molecular flexibility index (Phi) is 6.83. The van der Waals surface area contributed by atoms with Crippen molar-refractivity contribution >= 4 is 35.2 Å². The lowest BCUT2D eigenvalue weighted by atomic mass is 9.87. The highest BCUT2D eigenvalue weighted by Gasteiger charge is 2.30. The molecule has 148 valence electrons. The number of nitrogens with one attached hydrogen (secondary N) is 1. The second-order valence-corrected chi connectivity index (χ2v) is 7.73. The number of carbonyl (C=O) groups is 2. The normalized spacial score (nSPS) is 19.8. The van der Waals surface area contributed by atoms with Crippen LogP contribution in [0.15, 0.2) is 28.8 Å². The van der Waals surface area contributed by atoms with E-state index in [9.17, 15) is 14.9 Å².